The monoisotopic (exact) mass is 420 g/mol. The predicted molar refractivity (Wildman–Crippen MR) is 114 cm³/mol. The molecule has 0 unspecified atom stereocenters. The second-order valence-electron chi connectivity index (χ2n) is 8.16. The van der Waals surface area contributed by atoms with Crippen LogP contribution in [-0.4, -0.2) is 46.3 Å². The van der Waals surface area contributed by atoms with E-state index in [0.29, 0.717) is 12.6 Å². The van der Waals surface area contributed by atoms with Crippen molar-refractivity contribution in [1.29, 1.82) is 0 Å². The molecule has 1 N–H and O–H groups in total. The van der Waals surface area contributed by atoms with E-state index in [9.17, 15) is 9.18 Å². The van der Waals surface area contributed by atoms with Gasteiger partial charge in [-0.1, -0.05) is 25.0 Å². The summed E-state index contributed by atoms with van der Waals surface area (Å²) in [4.78, 5) is 15.7. The molecule has 1 saturated heterocycles. The first-order valence-corrected chi connectivity index (χ1v) is 10.4. The van der Waals surface area contributed by atoms with E-state index in [4.69, 9.17) is 0 Å². The van der Waals surface area contributed by atoms with Gasteiger partial charge in [-0.05, 0) is 42.5 Å². The topological polar surface area (TPSA) is 50.2 Å². The number of rotatable bonds is 6. The van der Waals surface area contributed by atoms with Crippen molar-refractivity contribution in [3.63, 3.8) is 0 Å². The maximum Gasteiger partial charge on any atom is 0.227 e. The lowest BCUT2D eigenvalue weighted by molar-refractivity contribution is -0.137. The van der Waals surface area contributed by atoms with E-state index >= 15 is 0 Å². The molecule has 0 radical (unpaired) electrons. The Kier molecular flexibility index (Phi) is 7.30. The number of carbonyl (C=O) groups is 1. The Morgan fingerprint density at radius 1 is 1.24 bits per heavy atom. The highest BCUT2D eigenvalue weighted by molar-refractivity contribution is 5.85. The van der Waals surface area contributed by atoms with Gasteiger partial charge in [-0.2, -0.15) is 5.10 Å². The van der Waals surface area contributed by atoms with Gasteiger partial charge in [0.15, 0.2) is 0 Å². The number of benzene rings is 1. The fraction of sp³-hybridized carbons (Fsp3) is 0.545. The second-order valence-corrected chi connectivity index (χ2v) is 8.16. The molecule has 2 aliphatic rings. The molecule has 1 aromatic heterocycles. The Morgan fingerprint density at radius 3 is 2.62 bits per heavy atom. The van der Waals surface area contributed by atoms with Crippen LogP contribution in [0.3, 0.4) is 0 Å². The van der Waals surface area contributed by atoms with Gasteiger partial charge in [0.05, 0.1) is 12.1 Å². The molecule has 1 amide bonds. The number of aromatic nitrogens is 2. The zero-order valence-electron chi connectivity index (χ0n) is 16.9. The van der Waals surface area contributed by atoms with Crippen LogP contribution in [0.25, 0.3) is 0 Å². The van der Waals surface area contributed by atoms with Crippen LogP contribution in [0.1, 0.15) is 42.7 Å². The molecule has 1 aliphatic heterocycles. The highest BCUT2D eigenvalue weighted by Gasteiger charge is 2.39. The molecule has 5 nitrogen and oxygen atoms in total. The SMILES string of the molecule is Cl.Cn1cc([C@H]2CNC[C@@H]2C(=O)N(CCc2ccc(F)cc2)C2CCCC2)cn1. The van der Waals surface area contributed by atoms with Crippen molar-refractivity contribution in [1.82, 2.24) is 20.0 Å². The van der Waals surface area contributed by atoms with E-state index in [0.717, 1.165) is 43.5 Å². The normalized spacial score (nSPS) is 21.9. The maximum atomic E-state index is 13.6. The Labute approximate surface area is 178 Å². The zero-order chi connectivity index (χ0) is 19.5. The van der Waals surface area contributed by atoms with Crippen molar-refractivity contribution in [2.24, 2.45) is 13.0 Å². The number of nitrogens with zero attached hydrogens (tertiary/aromatic N) is 3. The van der Waals surface area contributed by atoms with Crippen molar-refractivity contribution in [3.8, 4) is 0 Å². The van der Waals surface area contributed by atoms with E-state index in [1.165, 1.54) is 25.0 Å². The summed E-state index contributed by atoms with van der Waals surface area (Å²) < 4.78 is 15.0. The van der Waals surface area contributed by atoms with Gasteiger partial charge in [0.2, 0.25) is 5.91 Å². The minimum absolute atomic E-state index is 0. The fourth-order valence-corrected chi connectivity index (χ4v) is 4.72. The lowest BCUT2D eigenvalue weighted by Gasteiger charge is -2.33. The Bertz CT molecular complexity index is 803. The van der Waals surface area contributed by atoms with E-state index < -0.39 is 0 Å². The molecule has 1 aliphatic carbocycles. The van der Waals surface area contributed by atoms with E-state index in [2.05, 4.69) is 15.3 Å². The van der Waals surface area contributed by atoms with Gasteiger partial charge in [-0.15, -0.1) is 12.4 Å². The largest absolute Gasteiger partial charge is 0.339 e. The van der Waals surface area contributed by atoms with Crippen LogP contribution in [0.15, 0.2) is 36.7 Å². The van der Waals surface area contributed by atoms with Gasteiger partial charge in [0, 0.05) is 44.8 Å². The first-order valence-electron chi connectivity index (χ1n) is 10.4. The second kappa shape index (κ2) is 9.72. The molecule has 1 aromatic carbocycles. The summed E-state index contributed by atoms with van der Waals surface area (Å²) in [6.07, 6.45) is 9.24. The number of aryl methyl sites for hydroxylation is 1. The number of halogens is 2. The predicted octanol–water partition coefficient (Wildman–Crippen LogP) is 3.30. The van der Waals surface area contributed by atoms with Crippen molar-refractivity contribution in [3.05, 3.63) is 53.6 Å². The summed E-state index contributed by atoms with van der Waals surface area (Å²) in [5.41, 5.74) is 2.21. The number of nitrogens with one attached hydrogen (secondary N) is 1. The molecule has 158 valence electrons. The third-order valence-corrected chi connectivity index (χ3v) is 6.29. The third-order valence-electron chi connectivity index (χ3n) is 6.29. The molecule has 2 heterocycles. The quantitative estimate of drug-likeness (QED) is 0.780. The van der Waals surface area contributed by atoms with Crippen LogP contribution in [-0.2, 0) is 18.3 Å². The molecule has 1 saturated carbocycles. The highest BCUT2D eigenvalue weighted by atomic mass is 35.5. The van der Waals surface area contributed by atoms with E-state index in [-0.39, 0.29) is 36.0 Å². The number of carbonyl (C=O) groups excluding carboxylic acids is 1. The van der Waals surface area contributed by atoms with Crippen molar-refractivity contribution in [2.75, 3.05) is 19.6 Å². The first kappa shape index (κ1) is 21.8. The van der Waals surface area contributed by atoms with Crippen LogP contribution >= 0.6 is 12.4 Å². The average molecular weight is 421 g/mol. The molecule has 2 aromatic rings. The molecular formula is C22H30ClFN4O. The first-order chi connectivity index (χ1) is 13.6. The molecule has 4 rings (SSSR count). The summed E-state index contributed by atoms with van der Waals surface area (Å²) in [5.74, 6) is 0.172. The molecule has 0 spiro atoms. The van der Waals surface area contributed by atoms with Gasteiger partial charge in [0.1, 0.15) is 5.82 Å². The minimum atomic E-state index is -0.219. The zero-order valence-corrected chi connectivity index (χ0v) is 17.7. The van der Waals surface area contributed by atoms with Crippen LogP contribution in [0.4, 0.5) is 4.39 Å². The standard InChI is InChI=1S/C22H29FN4O.ClH/c1-26-15-17(12-25-26)20-13-24-14-21(20)22(28)27(19-4-2-3-5-19)11-10-16-6-8-18(23)9-7-16;/h6-9,12,15,19-21,24H,2-5,10-11,13-14H2,1H3;1H/t20-,21+;/m1./s1. The summed E-state index contributed by atoms with van der Waals surface area (Å²) in [6.45, 7) is 2.24. The molecular weight excluding hydrogens is 391 g/mol. The molecule has 2 atom stereocenters. The minimum Gasteiger partial charge on any atom is -0.339 e. The summed E-state index contributed by atoms with van der Waals surface area (Å²) in [7, 11) is 1.91. The molecule has 7 heteroatoms. The summed E-state index contributed by atoms with van der Waals surface area (Å²) in [6, 6.07) is 6.97. The lowest BCUT2D eigenvalue weighted by Crippen LogP contribution is -2.45. The van der Waals surface area contributed by atoms with Gasteiger partial charge >= 0.3 is 0 Å². The van der Waals surface area contributed by atoms with Gasteiger partial charge in [-0.3, -0.25) is 9.48 Å². The lowest BCUT2D eigenvalue weighted by atomic mass is 9.89. The summed E-state index contributed by atoms with van der Waals surface area (Å²) in [5, 5.41) is 7.70. The third kappa shape index (κ3) is 4.98. The Balaban J connectivity index is 0.00000240. The van der Waals surface area contributed by atoms with Crippen LogP contribution in [0.5, 0.6) is 0 Å². The Hall–Kier alpha value is -1.92. The molecule has 29 heavy (non-hydrogen) atoms. The van der Waals surface area contributed by atoms with Gasteiger partial charge in [-0.25, -0.2) is 4.39 Å². The summed E-state index contributed by atoms with van der Waals surface area (Å²) >= 11 is 0. The van der Waals surface area contributed by atoms with Crippen molar-refractivity contribution >= 4 is 18.3 Å². The molecule has 0 bridgehead atoms. The fourth-order valence-electron chi connectivity index (χ4n) is 4.72. The van der Waals surface area contributed by atoms with E-state index in [1.807, 2.05) is 31.6 Å². The maximum absolute atomic E-state index is 13.6. The van der Waals surface area contributed by atoms with Crippen LogP contribution in [0.2, 0.25) is 0 Å². The van der Waals surface area contributed by atoms with Crippen LogP contribution < -0.4 is 5.32 Å². The van der Waals surface area contributed by atoms with Gasteiger partial charge in [0.25, 0.3) is 0 Å². The Morgan fingerprint density at radius 2 is 1.97 bits per heavy atom. The van der Waals surface area contributed by atoms with Crippen LogP contribution in [0, 0.1) is 11.7 Å². The smallest absolute Gasteiger partial charge is 0.227 e. The highest BCUT2D eigenvalue weighted by Crippen LogP contribution is 2.32. The van der Waals surface area contributed by atoms with Gasteiger partial charge < -0.3 is 10.2 Å². The number of hydrogen-bond acceptors (Lipinski definition) is 3. The number of amides is 1. The van der Waals surface area contributed by atoms with E-state index in [1.54, 1.807) is 4.68 Å². The molecule has 2 fully saturated rings. The van der Waals surface area contributed by atoms with Crippen molar-refractivity contribution < 1.29 is 9.18 Å². The number of hydrogen-bond donors (Lipinski definition) is 1. The average Bonchev–Trinajstić information content (AvgIpc) is 3.44. The van der Waals surface area contributed by atoms with Crippen molar-refractivity contribution in [2.45, 2.75) is 44.1 Å².